The number of primary sulfonamides is 1. The average Bonchev–Trinajstić information content (AvgIpc) is 3.08. The topological polar surface area (TPSA) is 105 Å². The fraction of sp³-hybridized carbons (Fsp3) is 0.364. The lowest BCUT2D eigenvalue weighted by Gasteiger charge is -2.38. The molecule has 1 amide bonds. The summed E-state index contributed by atoms with van der Waals surface area (Å²) in [6.07, 6.45) is 1.05. The average molecular weight is 475 g/mol. The van der Waals surface area contributed by atoms with Gasteiger partial charge in [-0.3, -0.25) is 4.90 Å². The van der Waals surface area contributed by atoms with E-state index in [1.807, 2.05) is 42.2 Å². The number of likely N-dealkylation sites (tertiary alicyclic amines) is 1. The van der Waals surface area contributed by atoms with Crippen LogP contribution in [0.3, 0.4) is 0 Å². The molecular formula is C22H26N4O4S2. The van der Waals surface area contributed by atoms with Crippen molar-refractivity contribution in [1.82, 2.24) is 9.80 Å². The maximum absolute atomic E-state index is 12.6. The van der Waals surface area contributed by atoms with E-state index in [4.69, 9.17) is 22.1 Å². The Morgan fingerprint density at radius 3 is 2.31 bits per heavy atom. The van der Waals surface area contributed by atoms with Crippen LogP contribution in [0.15, 0.2) is 59.5 Å². The Morgan fingerprint density at radius 2 is 1.72 bits per heavy atom. The number of sulfonamides is 1. The number of hydrogen-bond acceptors (Lipinski definition) is 5. The number of rotatable bonds is 4. The van der Waals surface area contributed by atoms with Gasteiger partial charge in [0.15, 0.2) is 5.11 Å². The summed E-state index contributed by atoms with van der Waals surface area (Å²) in [7, 11) is -3.73. The summed E-state index contributed by atoms with van der Waals surface area (Å²) in [5.74, 6) is 0. The van der Waals surface area contributed by atoms with Crippen LogP contribution in [0.4, 0.5) is 10.5 Å². The Bertz CT molecular complexity index is 1080. The van der Waals surface area contributed by atoms with E-state index >= 15 is 0 Å². The normalized spacial score (nSPS) is 22.0. The molecule has 2 saturated heterocycles. The molecule has 2 atom stereocenters. The first-order valence-electron chi connectivity index (χ1n) is 10.5. The molecule has 2 fully saturated rings. The highest BCUT2D eigenvalue weighted by Crippen LogP contribution is 2.35. The molecular weight excluding hydrogens is 448 g/mol. The Balaban J connectivity index is 1.34. The number of ether oxygens (including phenoxy) is 1. The Labute approximate surface area is 193 Å². The highest BCUT2D eigenvalue weighted by atomic mass is 32.2. The van der Waals surface area contributed by atoms with Crippen molar-refractivity contribution in [1.29, 1.82) is 0 Å². The van der Waals surface area contributed by atoms with Crippen molar-refractivity contribution in [3.63, 3.8) is 0 Å². The number of cyclic esters (lactones) is 1. The number of thiocarbonyl (C=S) groups is 1. The van der Waals surface area contributed by atoms with Gasteiger partial charge in [0.05, 0.1) is 10.9 Å². The van der Waals surface area contributed by atoms with Crippen LogP contribution >= 0.6 is 12.2 Å². The number of nitrogens with one attached hydrogen (secondary N) is 1. The van der Waals surface area contributed by atoms with Gasteiger partial charge in [-0.05, 0) is 61.8 Å². The maximum atomic E-state index is 12.6. The van der Waals surface area contributed by atoms with Gasteiger partial charge in [0, 0.05) is 24.8 Å². The van der Waals surface area contributed by atoms with Crippen LogP contribution < -0.4 is 10.5 Å². The van der Waals surface area contributed by atoms with E-state index in [-0.39, 0.29) is 29.2 Å². The molecule has 8 nitrogen and oxygen atoms in total. The van der Waals surface area contributed by atoms with Crippen LogP contribution in [0.5, 0.6) is 0 Å². The first-order valence-corrected chi connectivity index (χ1v) is 12.4. The molecule has 0 spiro atoms. The van der Waals surface area contributed by atoms with Crippen molar-refractivity contribution in [3.8, 4) is 0 Å². The van der Waals surface area contributed by atoms with Crippen molar-refractivity contribution >= 4 is 39.1 Å². The third-order valence-electron chi connectivity index (χ3n) is 6.02. The van der Waals surface area contributed by atoms with Crippen LogP contribution in [-0.4, -0.2) is 54.6 Å². The van der Waals surface area contributed by atoms with Crippen LogP contribution in [-0.2, 0) is 14.8 Å². The monoisotopic (exact) mass is 474 g/mol. The number of anilines is 1. The number of benzene rings is 2. The van der Waals surface area contributed by atoms with Gasteiger partial charge in [-0.1, -0.05) is 30.3 Å². The standard InChI is InChI=1S/C22H26N4O4S2/c1-15-20(16-5-3-2-4-6-16)30-22(27)26(15)18-11-13-25(14-12-18)21(31)24-17-7-9-19(10-8-17)32(23,28)29/h2-10,15,18,20H,11-14H2,1H3,(H,24,31)(H2,23,28,29)/t15-,20-/m0/s1. The molecule has 3 N–H and O–H groups in total. The van der Waals surface area contributed by atoms with Crippen LogP contribution in [0, 0.1) is 0 Å². The minimum absolute atomic E-state index is 0.0381. The number of nitrogens with zero attached hydrogens (tertiary/aromatic N) is 2. The summed E-state index contributed by atoms with van der Waals surface area (Å²) < 4.78 is 28.5. The predicted molar refractivity (Wildman–Crippen MR) is 126 cm³/mol. The van der Waals surface area contributed by atoms with Crippen molar-refractivity contribution < 1.29 is 17.9 Å². The SMILES string of the molecule is C[C@H]1[C@@H](c2ccccc2)OC(=O)N1C1CCN(C(=S)Nc2ccc(S(N)(=O)=O)cc2)CC1. The zero-order valence-corrected chi connectivity index (χ0v) is 19.3. The van der Waals surface area contributed by atoms with Gasteiger partial charge < -0.3 is 15.0 Å². The Hall–Kier alpha value is -2.69. The summed E-state index contributed by atoms with van der Waals surface area (Å²) in [4.78, 5) is 16.6. The number of carbonyl (C=O) groups excluding carboxylic acids is 1. The van der Waals surface area contributed by atoms with Gasteiger partial charge in [-0.15, -0.1) is 0 Å². The van der Waals surface area contributed by atoms with E-state index in [1.165, 1.54) is 12.1 Å². The van der Waals surface area contributed by atoms with Gasteiger partial charge in [-0.25, -0.2) is 18.4 Å². The smallest absolute Gasteiger partial charge is 0.411 e. The molecule has 2 aliphatic heterocycles. The van der Waals surface area contributed by atoms with Gasteiger partial charge in [0.2, 0.25) is 10.0 Å². The first kappa shape index (κ1) is 22.5. The highest BCUT2D eigenvalue weighted by molar-refractivity contribution is 7.89. The molecule has 0 aliphatic carbocycles. The van der Waals surface area contributed by atoms with Crippen molar-refractivity contribution in [2.45, 2.75) is 42.8 Å². The molecule has 0 radical (unpaired) electrons. The lowest BCUT2D eigenvalue weighted by molar-refractivity contribution is 0.120. The summed E-state index contributed by atoms with van der Waals surface area (Å²) in [6.45, 7) is 3.45. The lowest BCUT2D eigenvalue weighted by Crippen LogP contribution is -2.50. The third kappa shape index (κ3) is 4.72. The zero-order chi connectivity index (χ0) is 22.9. The van der Waals surface area contributed by atoms with Gasteiger partial charge >= 0.3 is 6.09 Å². The number of carbonyl (C=O) groups is 1. The highest BCUT2D eigenvalue weighted by Gasteiger charge is 2.44. The van der Waals surface area contributed by atoms with Gasteiger partial charge in [0.25, 0.3) is 0 Å². The van der Waals surface area contributed by atoms with E-state index < -0.39 is 10.0 Å². The second-order valence-electron chi connectivity index (χ2n) is 8.08. The first-order chi connectivity index (χ1) is 15.2. The number of amides is 1. The fourth-order valence-electron chi connectivity index (χ4n) is 4.33. The van der Waals surface area contributed by atoms with Crippen LogP contribution in [0.1, 0.15) is 31.4 Å². The summed E-state index contributed by atoms with van der Waals surface area (Å²) in [5, 5.41) is 8.83. The molecule has 0 unspecified atom stereocenters. The molecule has 10 heteroatoms. The molecule has 0 bridgehead atoms. The molecule has 170 valence electrons. The Kier molecular flexibility index (Phi) is 6.36. The third-order valence-corrected chi connectivity index (χ3v) is 7.31. The predicted octanol–water partition coefficient (Wildman–Crippen LogP) is 3.08. The molecule has 32 heavy (non-hydrogen) atoms. The second-order valence-corrected chi connectivity index (χ2v) is 10.0. The van der Waals surface area contributed by atoms with E-state index in [2.05, 4.69) is 10.2 Å². The minimum Gasteiger partial charge on any atom is -0.439 e. The van der Waals surface area contributed by atoms with Crippen molar-refractivity contribution in [2.24, 2.45) is 5.14 Å². The maximum Gasteiger partial charge on any atom is 0.411 e. The van der Waals surface area contributed by atoms with Crippen LogP contribution in [0.2, 0.25) is 0 Å². The van der Waals surface area contributed by atoms with E-state index in [0.717, 1.165) is 18.4 Å². The summed E-state index contributed by atoms with van der Waals surface area (Å²) >= 11 is 5.53. The van der Waals surface area contributed by atoms with E-state index in [1.54, 1.807) is 12.1 Å². The fourth-order valence-corrected chi connectivity index (χ4v) is 5.14. The zero-order valence-electron chi connectivity index (χ0n) is 17.7. The Morgan fingerprint density at radius 1 is 1.09 bits per heavy atom. The molecule has 0 aromatic heterocycles. The quantitative estimate of drug-likeness (QED) is 0.656. The number of nitrogens with two attached hydrogens (primary N) is 1. The molecule has 2 aliphatic rings. The minimum atomic E-state index is -3.73. The lowest BCUT2D eigenvalue weighted by atomic mass is 9.98. The van der Waals surface area contributed by atoms with Crippen molar-refractivity contribution in [2.75, 3.05) is 18.4 Å². The van der Waals surface area contributed by atoms with Crippen LogP contribution in [0.25, 0.3) is 0 Å². The van der Waals surface area contributed by atoms with E-state index in [9.17, 15) is 13.2 Å². The van der Waals surface area contributed by atoms with Crippen molar-refractivity contribution in [3.05, 3.63) is 60.2 Å². The molecule has 2 aromatic carbocycles. The molecule has 2 aromatic rings. The van der Waals surface area contributed by atoms with Gasteiger partial charge in [-0.2, -0.15) is 0 Å². The summed E-state index contributed by atoms with van der Waals surface area (Å²) in [6, 6.07) is 16.0. The molecule has 2 heterocycles. The van der Waals surface area contributed by atoms with E-state index in [0.29, 0.717) is 23.9 Å². The molecule has 0 saturated carbocycles. The summed E-state index contributed by atoms with van der Waals surface area (Å²) in [5.41, 5.74) is 1.69. The van der Waals surface area contributed by atoms with Gasteiger partial charge in [0.1, 0.15) is 6.10 Å². The second kappa shape index (κ2) is 9.05. The molecule has 4 rings (SSSR count). The number of piperidine rings is 1. The number of hydrogen-bond donors (Lipinski definition) is 2. The largest absolute Gasteiger partial charge is 0.439 e.